The first-order chi connectivity index (χ1) is 57.2. The quantitative estimate of drug-likeness (QED) is 0.0257. The number of aliphatic hydroxyl groups excluding tert-OH is 1. The summed E-state index contributed by atoms with van der Waals surface area (Å²) < 4.78 is 6.51. The van der Waals surface area contributed by atoms with Crippen molar-refractivity contribution in [2.24, 2.45) is 0 Å². The van der Waals surface area contributed by atoms with Crippen LogP contribution < -0.4 is 5.32 Å². The first kappa shape index (κ1) is 110. The van der Waals surface area contributed by atoms with Crippen molar-refractivity contribution in [2.75, 3.05) is 76.3 Å². The van der Waals surface area contributed by atoms with Gasteiger partial charge in [0.05, 0.1) is 53.1 Å². The largest absolute Gasteiger partial charge is 0.390 e. The molecule has 0 amide bonds. The maximum atomic E-state index is 10.0. The molecule has 0 spiro atoms. The number of likely N-dealkylation sites (tertiary alicyclic amines) is 4. The predicted molar refractivity (Wildman–Crippen MR) is 534 cm³/mol. The van der Waals surface area contributed by atoms with Gasteiger partial charge in [-0.2, -0.15) is 0 Å². The molecule has 0 aliphatic carbocycles. The number of nitro groups is 3. The average molecular weight is 2130 g/mol. The molecule has 4 fully saturated rings. The van der Waals surface area contributed by atoms with E-state index >= 15 is 0 Å². The summed E-state index contributed by atoms with van der Waals surface area (Å²) >= 11 is 6.94. The van der Waals surface area contributed by atoms with E-state index in [4.69, 9.17) is 4.74 Å². The number of anilines is 1. The summed E-state index contributed by atoms with van der Waals surface area (Å²) in [6.45, 7) is 17.2. The Balaban J connectivity index is -0.000000442. The van der Waals surface area contributed by atoms with Crippen LogP contribution in [-0.2, 0) is 70.2 Å². The summed E-state index contributed by atoms with van der Waals surface area (Å²) in [5.74, 6) is 0. The van der Waals surface area contributed by atoms with Crippen molar-refractivity contribution in [1.82, 2.24) is 19.6 Å². The van der Waals surface area contributed by atoms with Crippen LogP contribution in [0.5, 0.6) is 0 Å². The third-order valence-electron chi connectivity index (χ3n) is 18.3. The summed E-state index contributed by atoms with van der Waals surface area (Å²) in [5.41, 5.74) is 12.4. The number of hydrogen-bond acceptors (Lipinski definition) is 13. The molecule has 0 atom stereocenters. The zero-order valence-corrected chi connectivity index (χ0v) is 83.0. The Bertz CT molecular complexity index is 4170. The van der Waals surface area contributed by atoms with Gasteiger partial charge in [0.2, 0.25) is 0 Å². The molecule has 16 rings (SSSR count). The van der Waals surface area contributed by atoms with E-state index in [2.05, 4.69) is 364 Å². The predicted octanol–water partition coefficient (Wildman–Crippen LogP) is 26.5. The molecule has 4 saturated heterocycles. The molecule has 0 aromatic heterocycles. The summed E-state index contributed by atoms with van der Waals surface area (Å²) in [6.07, 6.45) is 7.40. The number of nitrogens with one attached hydrogen (secondary N) is 1. The number of alkyl halides is 3. The van der Waals surface area contributed by atoms with Crippen LogP contribution in [0, 0.1) is 58.0 Å². The van der Waals surface area contributed by atoms with Crippen LogP contribution in [0.2, 0.25) is 0 Å². The van der Waals surface area contributed by atoms with Crippen molar-refractivity contribution in [3.63, 3.8) is 0 Å². The fraction of sp³-hybridized carbons (Fsp3) is 0.240. The first-order valence-corrected chi connectivity index (χ1v) is 44.1. The Kier molecular flexibility index (Phi) is 60.2. The van der Waals surface area contributed by atoms with Gasteiger partial charge in [0, 0.05) is 156 Å². The van der Waals surface area contributed by atoms with Crippen molar-refractivity contribution >= 4 is 90.5 Å². The van der Waals surface area contributed by atoms with E-state index in [1.807, 2.05) is 54.4 Å². The Morgan fingerprint density at radius 1 is 0.372 bits per heavy atom. The Morgan fingerprint density at radius 3 is 0.694 bits per heavy atom. The van der Waals surface area contributed by atoms with Crippen LogP contribution in [0.25, 0.3) is 0 Å². The third-order valence-corrected chi connectivity index (χ3v) is 20.0. The molecule has 12 aromatic rings. The number of nitrogens with zero attached hydrogens (tertiary/aromatic N) is 7. The van der Waals surface area contributed by atoms with E-state index in [1.54, 1.807) is 54.6 Å². The van der Waals surface area contributed by atoms with Gasteiger partial charge < -0.3 is 52.7 Å². The van der Waals surface area contributed by atoms with Crippen molar-refractivity contribution in [1.29, 1.82) is 0 Å². The van der Waals surface area contributed by atoms with Gasteiger partial charge >= 0.3 is 0 Å². The molecule has 12 aromatic carbocycles. The number of rotatable bonds is 19. The fourth-order valence-corrected chi connectivity index (χ4v) is 12.5. The van der Waals surface area contributed by atoms with Crippen molar-refractivity contribution in [2.45, 2.75) is 78.8 Å². The molecule has 2 N–H and O–H groups in total. The van der Waals surface area contributed by atoms with Gasteiger partial charge in [-0.25, -0.2) is 0 Å². The van der Waals surface area contributed by atoms with Gasteiger partial charge in [0.25, 0.3) is 17.1 Å². The van der Waals surface area contributed by atoms with E-state index in [0.29, 0.717) is 24.2 Å². The van der Waals surface area contributed by atoms with E-state index in [0.717, 1.165) is 66.6 Å². The Labute approximate surface area is 821 Å². The number of benzene rings is 12. The van der Waals surface area contributed by atoms with Gasteiger partial charge in [0.15, 0.2) is 0 Å². The monoisotopic (exact) mass is 2130 g/mol. The number of aliphatic hydroxyl groups is 1. The molecule has 21 heteroatoms. The number of non-ortho nitro benzene ring substituents is 3. The number of nitro benzene ring substituents is 3. The molecular weight excluding hydrogens is 2000 g/mol. The standard InChI is InChI=1S/C18H21NO.C16H17NO.2C16H16N.C7H9N.3C6H5NO2.C3H6I2.C3H8.CH3I.2CH3.2Y.6H2/c1-2-20-17-13-19(14-17)18(15-9-5-3-6-10-15)16-11-7-4-8-12-16;18-15-11-17(12-15)16(13-7-3-1-4-8-13)14-9-5-2-6-10-14;2*1-3-8-14(9-4-1)16(17-12-7-13-17)15-10-5-2-6-11-15;1-8-7-5-3-2-4-6-7;3*8-7(9)6-4-2-1-3-5-6;1-2-3(4)5;1-3-2;1-2;;;;;;;;;;/h3-12,17-18H,2,13-14H2,1H3;1-10,15-16,18H,11-12H2;2*1-11,16H,12-13H2;2-6,8H,1H3;3*1-5H;3H,2H2,1H3;3H2,1-2H3;1H3;2*1H3;;;6*1H/q;;2*-1;;;;;;;;2*-1;;;;;;;;. The molecular formula is C100H129I3N8O8Y2-4. The second kappa shape index (κ2) is 66.3. The molecule has 4 aliphatic heterocycles. The maximum absolute atomic E-state index is 10.0. The SMILES string of the molecule is CCC.CCC(I)I.CCOC1CN(C(c2ccccc2)c2ccccc2)C1.CI.CNc1ccccc1.O=[N+]([O-])c1ccccc1.O=[N+]([O-])c1ccccc1.O=[N+]([O-])c1ccccc1.OC1CN(C(c2ccccc2)c2ccccc2)C1.[CH3-].[CH3-].[HH].[HH].[HH].[HH].[HH].[HH].[Y].[Y].c1ccc(C(c2ccccc2)N2C[CH-]C2)cc1.c1ccc(C(c2ccccc2)N2C[CH-]C2)cc1. The minimum atomic E-state index is -0.417. The summed E-state index contributed by atoms with van der Waals surface area (Å²) in [5, 5.41) is 42.6. The van der Waals surface area contributed by atoms with E-state index < -0.39 is 14.8 Å². The van der Waals surface area contributed by atoms with Crippen molar-refractivity contribution in [3.05, 3.63) is 467 Å². The van der Waals surface area contributed by atoms with E-state index in [9.17, 15) is 35.4 Å². The van der Waals surface area contributed by atoms with Crippen molar-refractivity contribution < 1.29 is 98.6 Å². The number of halogens is 3. The molecule has 0 saturated carbocycles. The van der Waals surface area contributed by atoms with Crippen LogP contribution in [-0.4, -0.2) is 125 Å². The van der Waals surface area contributed by atoms with Crippen molar-refractivity contribution in [3.8, 4) is 0 Å². The third kappa shape index (κ3) is 41.0. The molecule has 0 unspecified atom stereocenters. The number of β-amino-alcohol motifs (C(OH)–C–C–N with tert-alkyl or cyclic N) is 1. The molecule has 2 radical (unpaired) electrons. The van der Waals surface area contributed by atoms with E-state index in [1.165, 1.54) is 93.7 Å². The first-order valence-electron chi connectivity index (χ1n) is 39.4. The molecule has 0 bridgehead atoms. The minimum Gasteiger partial charge on any atom is -0.390 e. The smallest absolute Gasteiger partial charge is 0.269 e. The van der Waals surface area contributed by atoms with Gasteiger partial charge in [-0.05, 0) is 74.9 Å². The van der Waals surface area contributed by atoms with Gasteiger partial charge in [-0.1, -0.05) is 410 Å². The normalized spacial score (nSPS) is 12.8. The number of hydrogen-bond donors (Lipinski definition) is 2. The maximum Gasteiger partial charge on any atom is 0.269 e. The Morgan fingerprint density at radius 2 is 0.554 bits per heavy atom. The summed E-state index contributed by atoms with van der Waals surface area (Å²) in [4.78, 5) is 40.5. The van der Waals surface area contributed by atoms with Gasteiger partial charge in [-0.15, -0.1) is 26.2 Å². The fourth-order valence-electron chi connectivity index (χ4n) is 12.5. The van der Waals surface area contributed by atoms with Gasteiger partial charge in [0.1, 0.15) is 0 Å². The van der Waals surface area contributed by atoms with Crippen LogP contribution in [0.15, 0.2) is 364 Å². The summed E-state index contributed by atoms with van der Waals surface area (Å²) in [7, 11) is 1.91. The van der Waals surface area contributed by atoms with Gasteiger partial charge in [-0.3, -0.25) is 40.1 Å². The van der Waals surface area contributed by atoms with Crippen LogP contribution in [0.4, 0.5) is 22.7 Å². The number of ether oxygens (including phenoxy) is 1. The van der Waals surface area contributed by atoms with Crippen LogP contribution >= 0.6 is 67.8 Å². The Hall–Kier alpha value is -7.20. The number of para-hydroxylation sites is 4. The second-order valence-corrected chi connectivity index (χ2v) is 32.3. The molecule has 4 heterocycles. The summed E-state index contributed by atoms with van der Waals surface area (Å²) in [6, 6.07) is 121. The van der Waals surface area contributed by atoms with Crippen LogP contribution in [0.1, 0.15) is 118 Å². The molecule has 4 aliphatic rings. The minimum absolute atomic E-state index is 0. The zero-order chi connectivity index (χ0) is 84.0. The molecule has 16 nitrogen and oxygen atoms in total. The molecule has 648 valence electrons. The average Bonchev–Trinajstić information content (AvgIpc) is 0.811. The topological polar surface area (TPSA) is 184 Å². The van der Waals surface area contributed by atoms with E-state index in [-0.39, 0.29) is 118 Å². The molecule has 121 heavy (non-hydrogen) atoms. The zero-order valence-electron chi connectivity index (χ0n) is 70.8. The van der Waals surface area contributed by atoms with Crippen LogP contribution in [0.3, 0.4) is 0 Å². The second-order valence-electron chi connectivity index (χ2n) is 26.9.